The Morgan fingerprint density at radius 3 is 1.81 bits per heavy atom. The van der Waals surface area contributed by atoms with Crippen molar-refractivity contribution in [3.63, 3.8) is 0 Å². The number of hydrogen-bond donors (Lipinski definition) is 1. The van der Waals surface area contributed by atoms with Crippen molar-refractivity contribution >= 4 is 11.7 Å². The monoisotopic (exact) mass is 311 g/mol. The maximum absolute atomic E-state index is 13.5. The Labute approximate surface area is 118 Å². The van der Waals surface area contributed by atoms with Crippen molar-refractivity contribution in [1.29, 1.82) is 0 Å². The van der Waals surface area contributed by atoms with Gasteiger partial charge in [-0.1, -0.05) is 13.8 Å². The maximum atomic E-state index is 13.5. The molecule has 0 radical (unpaired) electrons. The van der Waals surface area contributed by atoms with Crippen LogP contribution in [0.25, 0.3) is 0 Å². The van der Waals surface area contributed by atoms with Crippen molar-refractivity contribution < 1.29 is 31.5 Å². The van der Waals surface area contributed by atoms with Crippen LogP contribution in [-0.2, 0) is 9.53 Å². The predicted octanol–water partition coefficient (Wildman–Crippen LogP) is 3.38. The summed E-state index contributed by atoms with van der Waals surface area (Å²) in [5, 5.41) is 2.04. The summed E-state index contributed by atoms with van der Waals surface area (Å²) in [7, 11) is 1.05. The van der Waals surface area contributed by atoms with Gasteiger partial charge in [0.05, 0.1) is 7.11 Å². The average Bonchev–Trinajstić information content (AvgIpc) is 2.45. The van der Waals surface area contributed by atoms with Crippen molar-refractivity contribution in [2.24, 2.45) is 5.92 Å². The number of benzene rings is 1. The van der Waals surface area contributed by atoms with E-state index >= 15 is 0 Å². The lowest BCUT2D eigenvalue weighted by Gasteiger charge is -2.20. The molecule has 1 rings (SSSR count). The first kappa shape index (κ1) is 17.2. The summed E-state index contributed by atoms with van der Waals surface area (Å²) >= 11 is 0. The third-order valence-electron chi connectivity index (χ3n) is 2.72. The van der Waals surface area contributed by atoms with Crippen LogP contribution < -0.4 is 5.32 Å². The quantitative estimate of drug-likeness (QED) is 0.392. The van der Waals surface area contributed by atoms with Gasteiger partial charge in [-0.25, -0.2) is 26.7 Å². The minimum atomic E-state index is -2.26. The normalized spacial score (nSPS) is 12.4. The second kappa shape index (κ2) is 6.73. The van der Waals surface area contributed by atoms with Gasteiger partial charge < -0.3 is 10.1 Å². The first-order valence-corrected chi connectivity index (χ1v) is 6.06. The summed E-state index contributed by atoms with van der Waals surface area (Å²) < 4.78 is 70.6. The Balaban J connectivity index is 3.24. The molecule has 8 heteroatoms. The van der Waals surface area contributed by atoms with E-state index in [1.165, 1.54) is 0 Å². The van der Waals surface area contributed by atoms with E-state index in [0.29, 0.717) is 0 Å². The maximum Gasteiger partial charge on any atom is 0.328 e. The molecule has 0 aliphatic carbocycles. The third kappa shape index (κ3) is 3.62. The first-order chi connectivity index (χ1) is 9.70. The van der Waals surface area contributed by atoms with Crippen LogP contribution in [0.4, 0.5) is 27.6 Å². The standard InChI is InChI=1S/C13H14F5NO2/c1-5(2)4-6(13(20)21-3)19-12-10(17)8(15)7(14)9(16)11(12)18/h5-6,19H,4H2,1-3H3. The van der Waals surface area contributed by atoms with Gasteiger partial charge in [-0.2, -0.15) is 0 Å². The van der Waals surface area contributed by atoms with E-state index < -0.39 is 46.8 Å². The molecule has 0 aromatic heterocycles. The van der Waals surface area contributed by atoms with E-state index in [9.17, 15) is 26.7 Å². The van der Waals surface area contributed by atoms with Crippen LogP contribution in [0.5, 0.6) is 0 Å². The van der Waals surface area contributed by atoms with E-state index in [1.54, 1.807) is 13.8 Å². The average molecular weight is 311 g/mol. The van der Waals surface area contributed by atoms with Crippen LogP contribution in [0.3, 0.4) is 0 Å². The van der Waals surface area contributed by atoms with Gasteiger partial charge in [0.2, 0.25) is 5.82 Å². The number of hydrogen-bond acceptors (Lipinski definition) is 3. The van der Waals surface area contributed by atoms with Crippen LogP contribution in [0.15, 0.2) is 0 Å². The van der Waals surface area contributed by atoms with Crippen LogP contribution in [0.2, 0.25) is 0 Å². The lowest BCUT2D eigenvalue weighted by atomic mass is 10.0. The molecule has 0 saturated carbocycles. The Morgan fingerprint density at radius 2 is 1.43 bits per heavy atom. The fourth-order valence-electron chi connectivity index (χ4n) is 1.73. The number of nitrogens with one attached hydrogen (secondary N) is 1. The van der Waals surface area contributed by atoms with E-state index in [1.807, 2.05) is 5.32 Å². The summed E-state index contributed by atoms with van der Waals surface area (Å²) in [6.07, 6.45) is 0.0895. The Morgan fingerprint density at radius 1 is 1.00 bits per heavy atom. The van der Waals surface area contributed by atoms with E-state index in [2.05, 4.69) is 4.74 Å². The van der Waals surface area contributed by atoms with E-state index in [0.717, 1.165) is 7.11 Å². The smallest absolute Gasteiger partial charge is 0.328 e. The van der Waals surface area contributed by atoms with Crippen molar-refractivity contribution in [3.05, 3.63) is 29.1 Å². The first-order valence-electron chi connectivity index (χ1n) is 6.06. The van der Waals surface area contributed by atoms with E-state index in [-0.39, 0.29) is 12.3 Å². The highest BCUT2D eigenvalue weighted by atomic mass is 19.2. The number of ether oxygens (including phenoxy) is 1. The summed E-state index contributed by atoms with van der Waals surface area (Å²) in [6.45, 7) is 3.44. The molecule has 21 heavy (non-hydrogen) atoms. The second-order valence-corrected chi connectivity index (χ2v) is 4.79. The molecule has 0 aliphatic heterocycles. The van der Waals surface area contributed by atoms with Crippen LogP contribution in [-0.4, -0.2) is 19.1 Å². The zero-order valence-electron chi connectivity index (χ0n) is 11.6. The molecule has 1 aromatic carbocycles. The molecule has 0 spiro atoms. The Hall–Kier alpha value is -1.86. The molecule has 0 saturated heterocycles. The van der Waals surface area contributed by atoms with Gasteiger partial charge in [-0.05, 0) is 12.3 Å². The minimum absolute atomic E-state index is 0.0807. The molecule has 1 atom stereocenters. The van der Waals surface area contributed by atoms with Crippen molar-refractivity contribution in [2.45, 2.75) is 26.3 Å². The summed E-state index contributed by atoms with van der Waals surface area (Å²) in [5.74, 6) is -11.4. The summed E-state index contributed by atoms with van der Waals surface area (Å²) in [4.78, 5) is 11.5. The molecular formula is C13H14F5NO2. The molecular weight excluding hydrogens is 297 g/mol. The van der Waals surface area contributed by atoms with Gasteiger partial charge in [0, 0.05) is 0 Å². The number of rotatable bonds is 5. The SMILES string of the molecule is COC(=O)C(CC(C)C)Nc1c(F)c(F)c(F)c(F)c1F. The number of carbonyl (C=O) groups is 1. The molecule has 0 amide bonds. The predicted molar refractivity (Wildman–Crippen MR) is 65.1 cm³/mol. The topological polar surface area (TPSA) is 38.3 Å². The molecule has 118 valence electrons. The molecule has 1 unspecified atom stereocenters. The van der Waals surface area contributed by atoms with Gasteiger partial charge >= 0.3 is 5.97 Å². The highest BCUT2D eigenvalue weighted by molar-refractivity contribution is 5.79. The molecule has 0 aliphatic rings. The number of halogens is 5. The van der Waals surface area contributed by atoms with E-state index in [4.69, 9.17) is 0 Å². The van der Waals surface area contributed by atoms with Crippen molar-refractivity contribution in [2.75, 3.05) is 12.4 Å². The van der Waals surface area contributed by atoms with Gasteiger partial charge in [0.1, 0.15) is 11.7 Å². The van der Waals surface area contributed by atoms with Crippen LogP contribution in [0, 0.1) is 35.0 Å². The summed E-state index contributed by atoms with van der Waals surface area (Å²) in [5.41, 5.74) is -1.25. The van der Waals surface area contributed by atoms with Gasteiger partial charge in [0.15, 0.2) is 23.3 Å². The highest BCUT2D eigenvalue weighted by Crippen LogP contribution is 2.28. The lowest BCUT2D eigenvalue weighted by molar-refractivity contribution is -0.141. The minimum Gasteiger partial charge on any atom is -0.467 e. The zero-order valence-corrected chi connectivity index (χ0v) is 11.6. The van der Waals surface area contributed by atoms with Gasteiger partial charge in [-0.3, -0.25) is 0 Å². The molecule has 1 N–H and O–H groups in total. The number of methoxy groups -OCH3 is 1. The number of esters is 1. The third-order valence-corrected chi connectivity index (χ3v) is 2.72. The van der Waals surface area contributed by atoms with Crippen molar-refractivity contribution in [1.82, 2.24) is 0 Å². The van der Waals surface area contributed by atoms with Crippen LogP contribution in [0.1, 0.15) is 20.3 Å². The van der Waals surface area contributed by atoms with Gasteiger partial charge in [-0.15, -0.1) is 0 Å². The van der Waals surface area contributed by atoms with Crippen molar-refractivity contribution in [3.8, 4) is 0 Å². The second-order valence-electron chi connectivity index (χ2n) is 4.79. The Kier molecular flexibility index (Phi) is 5.51. The molecule has 3 nitrogen and oxygen atoms in total. The lowest BCUT2D eigenvalue weighted by Crippen LogP contribution is -2.33. The Bertz CT molecular complexity index is 519. The molecule has 0 bridgehead atoms. The molecule has 1 aromatic rings. The van der Waals surface area contributed by atoms with Crippen LogP contribution >= 0.6 is 0 Å². The molecule has 0 fully saturated rings. The molecule has 0 heterocycles. The highest BCUT2D eigenvalue weighted by Gasteiger charge is 2.29. The fraction of sp³-hybridized carbons (Fsp3) is 0.462. The fourth-order valence-corrected chi connectivity index (χ4v) is 1.73. The largest absolute Gasteiger partial charge is 0.467 e. The van der Waals surface area contributed by atoms with Gasteiger partial charge in [0.25, 0.3) is 0 Å². The summed E-state index contributed by atoms with van der Waals surface area (Å²) in [6, 6.07) is -1.23. The number of carbonyl (C=O) groups excluding carboxylic acids is 1. The number of anilines is 1. The zero-order chi connectivity index (χ0) is 16.3.